The third-order valence-corrected chi connectivity index (χ3v) is 4.64. The van der Waals surface area contributed by atoms with E-state index in [0.717, 1.165) is 30.8 Å². The van der Waals surface area contributed by atoms with Crippen molar-refractivity contribution in [2.75, 3.05) is 18.4 Å². The van der Waals surface area contributed by atoms with Crippen molar-refractivity contribution in [2.24, 2.45) is 4.99 Å². The highest BCUT2D eigenvalue weighted by Gasteiger charge is 2.17. The number of carbonyl (C=O) groups excluding carboxylic acids is 1. The molecule has 0 aliphatic carbocycles. The first-order valence-electron chi connectivity index (χ1n) is 7.72. The minimum absolute atomic E-state index is 0.134. The minimum Gasteiger partial charge on any atom is -0.381 e. The molecule has 1 amide bonds. The SMILES string of the molecule is O=C(CC1=C(C2=CC=NCC2)NCC=C1)Nc1cccc(Cl)c1Cl. The number of halogens is 2. The van der Waals surface area contributed by atoms with E-state index in [9.17, 15) is 4.79 Å². The summed E-state index contributed by atoms with van der Waals surface area (Å²) < 4.78 is 0. The second-order valence-electron chi connectivity index (χ2n) is 5.51. The summed E-state index contributed by atoms with van der Waals surface area (Å²) in [5.41, 5.74) is 3.68. The first-order chi connectivity index (χ1) is 11.6. The molecule has 0 unspecified atom stereocenters. The van der Waals surface area contributed by atoms with Gasteiger partial charge in [0.2, 0.25) is 5.91 Å². The molecule has 3 rings (SSSR count). The number of nitrogens with one attached hydrogen (secondary N) is 2. The lowest BCUT2D eigenvalue weighted by atomic mass is 9.97. The lowest BCUT2D eigenvalue weighted by Crippen LogP contribution is -2.23. The number of nitrogens with zero attached hydrogens (tertiary/aromatic N) is 1. The lowest BCUT2D eigenvalue weighted by molar-refractivity contribution is -0.115. The van der Waals surface area contributed by atoms with Gasteiger partial charge < -0.3 is 10.6 Å². The van der Waals surface area contributed by atoms with Crippen LogP contribution in [0, 0.1) is 0 Å². The van der Waals surface area contributed by atoms with Crippen LogP contribution in [0.1, 0.15) is 12.8 Å². The van der Waals surface area contributed by atoms with E-state index in [1.54, 1.807) is 18.2 Å². The van der Waals surface area contributed by atoms with E-state index in [0.29, 0.717) is 15.7 Å². The molecule has 2 N–H and O–H groups in total. The first-order valence-corrected chi connectivity index (χ1v) is 8.47. The first kappa shape index (κ1) is 16.8. The third-order valence-electron chi connectivity index (χ3n) is 3.83. The summed E-state index contributed by atoms with van der Waals surface area (Å²) in [6.07, 6.45) is 8.95. The van der Waals surface area contributed by atoms with Crippen LogP contribution in [0.5, 0.6) is 0 Å². The maximum atomic E-state index is 12.4. The van der Waals surface area contributed by atoms with Gasteiger partial charge in [-0.2, -0.15) is 0 Å². The molecule has 1 aromatic carbocycles. The van der Waals surface area contributed by atoms with Gasteiger partial charge in [-0.1, -0.05) is 41.4 Å². The van der Waals surface area contributed by atoms with Crippen LogP contribution in [-0.2, 0) is 4.79 Å². The van der Waals surface area contributed by atoms with Crippen LogP contribution in [0.25, 0.3) is 0 Å². The van der Waals surface area contributed by atoms with Gasteiger partial charge in [-0.25, -0.2) is 0 Å². The maximum Gasteiger partial charge on any atom is 0.228 e. The number of amides is 1. The average Bonchev–Trinajstić information content (AvgIpc) is 2.60. The van der Waals surface area contributed by atoms with Gasteiger partial charge in [0.05, 0.1) is 22.2 Å². The van der Waals surface area contributed by atoms with Gasteiger partial charge in [-0.3, -0.25) is 9.79 Å². The van der Waals surface area contributed by atoms with Gasteiger partial charge in [-0.05, 0) is 35.8 Å². The number of anilines is 1. The Bertz CT molecular complexity index is 778. The second kappa shape index (κ2) is 7.69. The highest BCUT2D eigenvalue weighted by Crippen LogP contribution is 2.30. The van der Waals surface area contributed by atoms with Gasteiger partial charge in [0.25, 0.3) is 0 Å². The normalized spacial score (nSPS) is 16.7. The topological polar surface area (TPSA) is 53.5 Å². The predicted octanol–water partition coefficient (Wildman–Crippen LogP) is 4.14. The van der Waals surface area contributed by atoms with Crippen LogP contribution in [0.3, 0.4) is 0 Å². The molecular weight excluding hydrogens is 345 g/mol. The summed E-state index contributed by atoms with van der Waals surface area (Å²) in [5.74, 6) is -0.134. The summed E-state index contributed by atoms with van der Waals surface area (Å²) in [6, 6.07) is 5.17. The number of aliphatic imine (C=N–C) groups is 1. The van der Waals surface area contributed by atoms with E-state index in [1.807, 2.05) is 24.4 Å². The lowest BCUT2D eigenvalue weighted by Gasteiger charge is -2.21. The van der Waals surface area contributed by atoms with Crippen LogP contribution in [0.15, 0.2) is 58.3 Å². The van der Waals surface area contributed by atoms with Gasteiger partial charge >= 0.3 is 0 Å². The van der Waals surface area contributed by atoms with Gasteiger partial charge in [0.1, 0.15) is 0 Å². The molecule has 0 atom stereocenters. The zero-order valence-corrected chi connectivity index (χ0v) is 14.5. The molecule has 4 nitrogen and oxygen atoms in total. The monoisotopic (exact) mass is 361 g/mol. The van der Waals surface area contributed by atoms with Crippen LogP contribution in [0.2, 0.25) is 10.0 Å². The Morgan fingerprint density at radius 3 is 3.00 bits per heavy atom. The molecule has 2 aliphatic rings. The van der Waals surface area contributed by atoms with Crippen LogP contribution < -0.4 is 10.6 Å². The molecule has 0 saturated heterocycles. The molecule has 0 saturated carbocycles. The fourth-order valence-electron chi connectivity index (χ4n) is 2.69. The number of carbonyl (C=O) groups is 1. The zero-order chi connectivity index (χ0) is 16.9. The van der Waals surface area contributed by atoms with Gasteiger partial charge in [0.15, 0.2) is 0 Å². The fourth-order valence-corrected chi connectivity index (χ4v) is 3.04. The zero-order valence-electron chi connectivity index (χ0n) is 13.0. The molecule has 0 spiro atoms. The van der Waals surface area contributed by atoms with E-state index in [1.165, 1.54) is 5.57 Å². The molecular formula is C18H17Cl2N3O. The van der Waals surface area contributed by atoms with Crippen LogP contribution >= 0.6 is 23.2 Å². The molecule has 2 aliphatic heterocycles. The van der Waals surface area contributed by atoms with Crippen molar-refractivity contribution >= 4 is 41.0 Å². The Morgan fingerprint density at radius 1 is 1.33 bits per heavy atom. The number of rotatable bonds is 4. The van der Waals surface area contributed by atoms with E-state index in [4.69, 9.17) is 23.2 Å². The Hall–Kier alpha value is -2.04. The van der Waals surface area contributed by atoms with Crippen LogP contribution in [-0.4, -0.2) is 25.2 Å². The summed E-state index contributed by atoms with van der Waals surface area (Å²) in [5, 5.41) is 6.96. The van der Waals surface area contributed by atoms with Crippen molar-refractivity contribution in [3.8, 4) is 0 Å². The molecule has 0 aromatic heterocycles. The standard InChI is InChI=1S/C18H17Cl2N3O/c19-14-4-1-5-15(17(14)20)23-16(24)11-13-3-2-8-22-18(13)12-6-9-21-10-7-12/h1-6,9,22H,7-8,10-11H2,(H,23,24). The molecule has 6 heteroatoms. The smallest absolute Gasteiger partial charge is 0.228 e. The Balaban J connectivity index is 1.77. The third kappa shape index (κ3) is 3.89. The summed E-state index contributed by atoms with van der Waals surface area (Å²) >= 11 is 12.1. The van der Waals surface area contributed by atoms with E-state index in [2.05, 4.69) is 15.6 Å². The molecule has 0 fully saturated rings. The molecule has 124 valence electrons. The largest absolute Gasteiger partial charge is 0.381 e. The van der Waals surface area contributed by atoms with E-state index in [-0.39, 0.29) is 12.3 Å². The molecule has 0 radical (unpaired) electrons. The Kier molecular flexibility index (Phi) is 5.38. The molecule has 1 aromatic rings. The number of hydrogen-bond acceptors (Lipinski definition) is 3. The summed E-state index contributed by atoms with van der Waals surface area (Å²) in [4.78, 5) is 16.6. The van der Waals surface area contributed by atoms with Gasteiger partial charge in [-0.15, -0.1) is 0 Å². The van der Waals surface area contributed by atoms with Crippen molar-refractivity contribution in [1.82, 2.24) is 5.32 Å². The maximum absolute atomic E-state index is 12.4. The fraction of sp³-hybridized carbons (Fsp3) is 0.222. The summed E-state index contributed by atoms with van der Waals surface area (Å²) in [6.45, 7) is 1.54. The van der Waals surface area contributed by atoms with Crippen molar-refractivity contribution in [2.45, 2.75) is 12.8 Å². The molecule has 0 bridgehead atoms. The number of dihydropyridines is 2. The highest BCUT2D eigenvalue weighted by molar-refractivity contribution is 6.44. The van der Waals surface area contributed by atoms with E-state index < -0.39 is 0 Å². The quantitative estimate of drug-likeness (QED) is 0.846. The van der Waals surface area contributed by atoms with E-state index >= 15 is 0 Å². The number of hydrogen-bond donors (Lipinski definition) is 2. The Labute approximate surface area is 150 Å². The second-order valence-corrected chi connectivity index (χ2v) is 6.29. The average molecular weight is 362 g/mol. The van der Waals surface area contributed by atoms with Crippen molar-refractivity contribution in [1.29, 1.82) is 0 Å². The number of benzene rings is 1. The van der Waals surface area contributed by atoms with Gasteiger partial charge in [0, 0.05) is 25.0 Å². The summed E-state index contributed by atoms with van der Waals surface area (Å²) in [7, 11) is 0. The predicted molar refractivity (Wildman–Crippen MR) is 99.9 cm³/mol. The molecule has 2 heterocycles. The van der Waals surface area contributed by atoms with Crippen LogP contribution in [0.4, 0.5) is 5.69 Å². The number of allylic oxidation sites excluding steroid dienone is 3. The minimum atomic E-state index is -0.134. The highest BCUT2D eigenvalue weighted by atomic mass is 35.5. The molecule has 24 heavy (non-hydrogen) atoms. The van der Waals surface area contributed by atoms with Crippen molar-refractivity contribution in [3.63, 3.8) is 0 Å². The van der Waals surface area contributed by atoms with Crippen molar-refractivity contribution in [3.05, 3.63) is 63.3 Å². The Morgan fingerprint density at radius 2 is 2.21 bits per heavy atom. The van der Waals surface area contributed by atoms with Crippen molar-refractivity contribution < 1.29 is 4.79 Å².